The molecule has 0 fully saturated rings. The Morgan fingerprint density at radius 1 is 1.00 bits per heavy atom. The van der Waals surface area contributed by atoms with E-state index in [0.717, 1.165) is 0 Å². The van der Waals surface area contributed by atoms with E-state index < -0.39 is 12.3 Å². The van der Waals surface area contributed by atoms with Crippen molar-refractivity contribution in [1.82, 2.24) is 0 Å². The smallest absolute Gasteiger partial charge is 0.565 e. The Morgan fingerprint density at radius 2 is 1.00 bits per heavy atom. The van der Waals surface area contributed by atoms with Crippen LogP contribution >= 0.6 is 0 Å². The summed E-state index contributed by atoms with van der Waals surface area (Å²) >= 11 is 0. The predicted octanol–water partition coefficient (Wildman–Crippen LogP) is -2.23. The van der Waals surface area contributed by atoms with Gasteiger partial charge in [-0.05, 0) is 0 Å². The van der Waals surface area contributed by atoms with Crippen LogP contribution in [0.2, 0.25) is 0 Å². The van der Waals surface area contributed by atoms with Crippen LogP contribution in [-0.2, 0) is 16.5 Å². The molecule has 56 valence electrons. The van der Waals surface area contributed by atoms with Crippen molar-refractivity contribution >= 4 is 12.3 Å². The number of rotatable bonds is 0. The van der Waals surface area contributed by atoms with Crippen LogP contribution in [0.4, 0.5) is 9.59 Å². The zero-order valence-electron chi connectivity index (χ0n) is 3.84. The average Bonchev–Trinajstić information content (AvgIpc) is 1.25. The van der Waals surface area contributed by atoms with E-state index in [4.69, 9.17) is 30.0 Å². The molecular formula is C2H2NiO6. The van der Waals surface area contributed by atoms with Crippen LogP contribution in [-0.4, -0.2) is 22.5 Å². The summed E-state index contributed by atoms with van der Waals surface area (Å²) in [7, 11) is 0. The summed E-state index contributed by atoms with van der Waals surface area (Å²) in [5.74, 6) is 0. The van der Waals surface area contributed by atoms with E-state index in [2.05, 4.69) is 0 Å². The van der Waals surface area contributed by atoms with E-state index in [1.807, 2.05) is 0 Å². The molecule has 0 heterocycles. The van der Waals surface area contributed by atoms with Crippen molar-refractivity contribution < 1.29 is 46.5 Å². The first-order chi connectivity index (χ1) is 3.46. The zero-order chi connectivity index (χ0) is 7.15. The number of hydrogen-bond acceptors (Lipinski definition) is 4. The normalized spacial score (nSPS) is 5.33. The zero-order valence-corrected chi connectivity index (χ0v) is 4.83. The van der Waals surface area contributed by atoms with Crippen molar-refractivity contribution in [3.8, 4) is 0 Å². The summed E-state index contributed by atoms with van der Waals surface area (Å²) in [6, 6.07) is 0. The van der Waals surface area contributed by atoms with Gasteiger partial charge in [-0.15, -0.1) is 0 Å². The summed E-state index contributed by atoms with van der Waals surface area (Å²) < 4.78 is 0. The Morgan fingerprint density at radius 3 is 1.00 bits per heavy atom. The molecule has 0 aliphatic rings. The largest absolute Gasteiger partial charge is 2.00 e. The summed E-state index contributed by atoms with van der Waals surface area (Å²) in [6.07, 6.45) is -4.17. The number of carbonyl (C=O) groups is 2. The molecule has 0 saturated heterocycles. The third-order valence-electron chi connectivity index (χ3n) is 0. The first kappa shape index (κ1) is 15.7. The average molecular weight is 181 g/mol. The molecule has 0 spiro atoms. The van der Waals surface area contributed by atoms with Crippen LogP contribution < -0.4 is 10.2 Å². The van der Waals surface area contributed by atoms with Gasteiger partial charge in [0, 0.05) is 0 Å². The summed E-state index contributed by atoms with van der Waals surface area (Å²) in [5.41, 5.74) is 0. The topological polar surface area (TPSA) is 121 Å². The molecule has 2 N–H and O–H groups in total. The van der Waals surface area contributed by atoms with E-state index in [9.17, 15) is 0 Å². The molecule has 0 aromatic rings. The van der Waals surface area contributed by atoms with Gasteiger partial charge in [0.25, 0.3) is 0 Å². The third kappa shape index (κ3) is 191. The van der Waals surface area contributed by atoms with Crippen LogP contribution in [0.5, 0.6) is 0 Å². The van der Waals surface area contributed by atoms with Gasteiger partial charge in [0.1, 0.15) is 0 Å². The second-order valence-electron chi connectivity index (χ2n) is 0.532. The summed E-state index contributed by atoms with van der Waals surface area (Å²) in [4.78, 5) is 16.9. The predicted molar refractivity (Wildman–Crippen MR) is 16.0 cm³/mol. The van der Waals surface area contributed by atoms with Crippen molar-refractivity contribution in [2.45, 2.75) is 0 Å². The maximum Gasteiger partial charge on any atom is 2.00 e. The molecular weight excluding hydrogens is 179 g/mol. The number of hydrogen-bond donors (Lipinski definition) is 2. The quantitative estimate of drug-likeness (QED) is 0.407. The Hall–Kier alpha value is -0.966. The van der Waals surface area contributed by atoms with Crippen molar-refractivity contribution in [1.29, 1.82) is 0 Å². The monoisotopic (exact) mass is 180 g/mol. The van der Waals surface area contributed by atoms with Crippen molar-refractivity contribution in [2.24, 2.45) is 0 Å². The second kappa shape index (κ2) is 10.1. The van der Waals surface area contributed by atoms with E-state index in [-0.39, 0.29) is 16.5 Å². The Bertz CT molecular complexity index is 69.1. The van der Waals surface area contributed by atoms with Crippen molar-refractivity contribution in [3.63, 3.8) is 0 Å². The molecule has 0 atom stereocenters. The van der Waals surface area contributed by atoms with E-state index in [1.165, 1.54) is 0 Å². The van der Waals surface area contributed by atoms with Crippen LogP contribution in [0, 0.1) is 0 Å². The third-order valence-corrected chi connectivity index (χ3v) is 0. The minimum Gasteiger partial charge on any atom is -0.565 e. The molecule has 0 bridgehead atoms. The minimum absolute atomic E-state index is 0. The summed E-state index contributed by atoms with van der Waals surface area (Å²) in [5, 5.41) is 30.6. The van der Waals surface area contributed by atoms with E-state index >= 15 is 0 Å². The van der Waals surface area contributed by atoms with Gasteiger partial charge < -0.3 is 30.0 Å². The van der Waals surface area contributed by atoms with Crippen molar-refractivity contribution in [2.75, 3.05) is 0 Å². The first-order valence-corrected chi connectivity index (χ1v) is 1.26. The Balaban J connectivity index is -0.0000000720. The minimum atomic E-state index is -2.08. The van der Waals surface area contributed by atoms with Crippen LogP contribution in [0.25, 0.3) is 0 Å². The SMILES string of the molecule is O=C([O-])O.O=C([O-])O.[Ni+2]. The number of carboxylic acid groups (broad SMARTS) is 4. The molecule has 0 saturated carbocycles. The first-order valence-electron chi connectivity index (χ1n) is 1.26. The summed E-state index contributed by atoms with van der Waals surface area (Å²) in [6.45, 7) is 0. The van der Waals surface area contributed by atoms with Gasteiger partial charge in [-0.1, -0.05) is 0 Å². The van der Waals surface area contributed by atoms with Gasteiger partial charge in [-0.3, -0.25) is 0 Å². The fraction of sp³-hybridized carbons (Fsp3) is 0. The Labute approximate surface area is 59.7 Å². The van der Waals surface area contributed by atoms with Gasteiger partial charge in [0.05, 0.1) is 0 Å². The van der Waals surface area contributed by atoms with Gasteiger partial charge in [0.15, 0.2) is 0 Å². The van der Waals surface area contributed by atoms with Crippen LogP contribution in [0.1, 0.15) is 0 Å². The van der Waals surface area contributed by atoms with Gasteiger partial charge in [-0.25, -0.2) is 0 Å². The molecule has 9 heavy (non-hydrogen) atoms. The molecule has 0 unspecified atom stereocenters. The van der Waals surface area contributed by atoms with Gasteiger partial charge in [-0.2, -0.15) is 0 Å². The maximum absolute atomic E-state index is 8.44. The molecule has 0 aliphatic carbocycles. The molecule has 0 amide bonds. The fourth-order valence-electron chi connectivity index (χ4n) is 0. The Kier molecular flexibility index (Phi) is 17.6. The van der Waals surface area contributed by atoms with Gasteiger partial charge >= 0.3 is 16.5 Å². The van der Waals surface area contributed by atoms with Gasteiger partial charge in [0.2, 0.25) is 12.3 Å². The molecule has 6 nitrogen and oxygen atoms in total. The maximum atomic E-state index is 8.44. The van der Waals surface area contributed by atoms with E-state index in [0.29, 0.717) is 0 Å². The molecule has 0 aliphatic heterocycles. The molecule has 0 radical (unpaired) electrons. The van der Waals surface area contributed by atoms with E-state index in [1.54, 1.807) is 0 Å². The van der Waals surface area contributed by atoms with Crippen LogP contribution in [0.15, 0.2) is 0 Å². The molecule has 0 aromatic carbocycles. The standard InChI is InChI=1S/2CH2O3.Ni/c2*2-1(3)4;/h2*(H2,2,3,4);/q;;+2/p-2. The van der Waals surface area contributed by atoms with Crippen LogP contribution in [0.3, 0.4) is 0 Å². The molecule has 0 rings (SSSR count). The molecule has 0 aromatic heterocycles. The second-order valence-corrected chi connectivity index (χ2v) is 0.532. The molecule has 7 heteroatoms. The van der Waals surface area contributed by atoms with Crippen molar-refractivity contribution in [3.05, 3.63) is 0 Å². The fourth-order valence-corrected chi connectivity index (χ4v) is 0.